The van der Waals surface area contributed by atoms with E-state index in [1.807, 2.05) is 0 Å². The van der Waals surface area contributed by atoms with Crippen molar-refractivity contribution in [3.8, 4) is 11.8 Å². The molecule has 1 amide bonds. The molecule has 0 saturated heterocycles. The van der Waals surface area contributed by atoms with Gasteiger partial charge in [0.1, 0.15) is 12.4 Å². The first-order chi connectivity index (χ1) is 10.1. The quantitative estimate of drug-likeness (QED) is 0.816. The highest BCUT2D eigenvalue weighted by Crippen LogP contribution is 2.11. The summed E-state index contributed by atoms with van der Waals surface area (Å²) in [5.41, 5.74) is 0.400. The zero-order valence-electron chi connectivity index (χ0n) is 11.2. The predicted octanol–water partition coefficient (Wildman–Crippen LogP) is 0.791. The van der Waals surface area contributed by atoms with Gasteiger partial charge in [0.2, 0.25) is 5.89 Å². The molecule has 0 bridgehead atoms. The van der Waals surface area contributed by atoms with E-state index in [0.29, 0.717) is 11.4 Å². The summed E-state index contributed by atoms with van der Waals surface area (Å²) in [6, 6.07) is 3.65. The second kappa shape index (κ2) is 6.63. The molecule has 0 unspecified atom stereocenters. The first-order valence-corrected chi connectivity index (χ1v) is 6.07. The molecule has 2 N–H and O–H groups in total. The third-order valence-corrected chi connectivity index (χ3v) is 2.50. The standard InChI is InChI=1S/C14H12FN3O3/c1-9-17-13(21-18-9)8-16-14(20)12-7-11(15)5-4-10(12)3-2-6-19/h4-5,7,19H,6,8H2,1H3,(H,16,20). The molecule has 108 valence electrons. The number of amides is 1. The maximum absolute atomic E-state index is 13.3. The van der Waals surface area contributed by atoms with E-state index < -0.39 is 11.7 Å². The van der Waals surface area contributed by atoms with Gasteiger partial charge < -0.3 is 14.9 Å². The van der Waals surface area contributed by atoms with Gasteiger partial charge in [-0.05, 0) is 25.1 Å². The van der Waals surface area contributed by atoms with Crippen LogP contribution in [0.2, 0.25) is 0 Å². The van der Waals surface area contributed by atoms with E-state index in [2.05, 4.69) is 27.3 Å². The van der Waals surface area contributed by atoms with E-state index in [4.69, 9.17) is 9.63 Å². The van der Waals surface area contributed by atoms with Gasteiger partial charge in [-0.3, -0.25) is 4.79 Å². The number of hydrogen-bond donors (Lipinski definition) is 2. The van der Waals surface area contributed by atoms with E-state index in [-0.39, 0.29) is 24.6 Å². The van der Waals surface area contributed by atoms with Crippen LogP contribution in [0, 0.1) is 24.6 Å². The largest absolute Gasteiger partial charge is 0.384 e. The average molecular weight is 289 g/mol. The van der Waals surface area contributed by atoms with Crippen molar-refractivity contribution < 1.29 is 18.8 Å². The van der Waals surface area contributed by atoms with E-state index in [9.17, 15) is 9.18 Å². The molecule has 2 aromatic rings. The fourth-order valence-corrected chi connectivity index (χ4v) is 1.61. The topological polar surface area (TPSA) is 88.2 Å². The number of benzene rings is 1. The zero-order chi connectivity index (χ0) is 15.2. The lowest BCUT2D eigenvalue weighted by Crippen LogP contribution is -2.24. The van der Waals surface area contributed by atoms with Crippen LogP contribution < -0.4 is 5.32 Å². The molecule has 21 heavy (non-hydrogen) atoms. The molecule has 1 aromatic carbocycles. The van der Waals surface area contributed by atoms with Crippen LogP contribution in [-0.2, 0) is 6.54 Å². The molecule has 6 nitrogen and oxygen atoms in total. The number of aliphatic hydroxyl groups is 1. The smallest absolute Gasteiger partial charge is 0.253 e. The lowest BCUT2D eigenvalue weighted by molar-refractivity contribution is 0.0945. The van der Waals surface area contributed by atoms with Crippen LogP contribution >= 0.6 is 0 Å². The van der Waals surface area contributed by atoms with Crippen LogP contribution in [-0.4, -0.2) is 27.8 Å². The fraction of sp³-hybridized carbons (Fsp3) is 0.214. The highest BCUT2D eigenvalue weighted by molar-refractivity contribution is 5.96. The molecule has 0 atom stereocenters. The van der Waals surface area contributed by atoms with Crippen molar-refractivity contribution in [1.82, 2.24) is 15.5 Å². The van der Waals surface area contributed by atoms with E-state index in [0.717, 1.165) is 6.07 Å². The molecule has 0 aliphatic rings. The van der Waals surface area contributed by atoms with Gasteiger partial charge in [-0.2, -0.15) is 4.98 Å². The Morgan fingerprint density at radius 1 is 1.52 bits per heavy atom. The molecule has 0 radical (unpaired) electrons. The van der Waals surface area contributed by atoms with Crippen LogP contribution in [0.3, 0.4) is 0 Å². The van der Waals surface area contributed by atoms with Crippen molar-refractivity contribution in [2.24, 2.45) is 0 Å². The molecular formula is C14H12FN3O3. The van der Waals surface area contributed by atoms with Gasteiger partial charge in [-0.1, -0.05) is 17.0 Å². The number of aromatic nitrogens is 2. The zero-order valence-corrected chi connectivity index (χ0v) is 11.2. The summed E-state index contributed by atoms with van der Waals surface area (Å²) in [7, 11) is 0. The molecule has 0 saturated carbocycles. The minimum absolute atomic E-state index is 0.0308. The van der Waals surface area contributed by atoms with Gasteiger partial charge in [-0.25, -0.2) is 4.39 Å². The van der Waals surface area contributed by atoms with Crippen LogP contribution in [0.25, 0.3) is 0 Å². The number of aliphatic hydroxyl groups excluding tert-OH is 1. The van der Waals surface area contributed by atoms with Crippen LogP contribution in [0.5, 0.6) is 0 Å². The number of halogens is 1. The summed E-state index contributed by atoms with van der Waals surface area (Å²) >= 11 is 0. The monoisotopic (exact) mass is 289 g/mol. The third kappa shape index (κ3) is 3.87. The van der Waals surface area contributed by atoms with Gasteiger partial charge in [0, 0.05) is 5.56 Å². The summed E-state index contributed by atoms with van der Waals surface area (Å²) in [6.45, 7) is 1.34. The van der Waals surface area contributed by atoms with Gasteiger partial charge in [0.25, 0.3) is 5.91 Å². The maximum Gasteiger partial charge on any atom is 0.253 e. The Bertz CT molecular complexity index is 716. The van der Waals surface area contributed by atoms with Crippen molar-refractivity contribution in [2.45, 2.75) is 13.5 Å². The Balaban J connectivity index is 2.15. The summed E-state index contributed by atoms with van der Waals surface area (Å²) in [6.07, 6.45) is 0. The van der Waals surface area contributed by atoms with Crippen molar-refractivity contribution >= 4 is 5.91 Å². The molecule has 1 aromatic heterocycles. The number of carbonyl (C=O) groups excluding carboxylic acids is 1. The normalized spacial score (nSPS) is 9.86. The van der Waals surface area contributed by atoms with Gasteiger partial charge in [0.15, 0.2) is 5.82 Å². The molecular weight excluding hydrogens is 277 g/mol. The van der Waals surface area contributed by atoms with E-state index in [1.165, 1.54) is 12.1 Å². The van der Waals surface area contributed by atoms with Crippen molar-refractivity contribution in [3.63, 3.8) is 0 Å². The molecule has 0 aliphatic carbocycles. The number of aryl methyl sites for hydroxylation is 1. The Kier molecular flexibility index (Phi) is 4.64. The minimum atomic E-state index is -0.552. The SMILES string of the molecule is Cc1noc(CNC(=O)c2cc(F)ccc2C#CCO)n1. The lowest BCUT2D eigenvalue weighted by atomic mass is 10.1. The number of nitrogens with zero attached hydrogens (tertiary/aromatic N) is 2. The Hall–Kier alpha value is -2.72. The van der Waals surface area contributed by atoms with Crippen LogP contribution in [0.1, 0.15) is 27.6 Å². The summed E-state index contributed by atoms with van der Waals surface area (Å²) < 4.78 is 18.1. The first kappa shape index (κ1) is 14.7. The predicted molar refractivity (Wildman–Crippen MR) is 70.6 cm³/mol. The van der Waals surface area contributed by atoms with E-state index in [1.54, 1.807) is 6.92 Å². The van der Waals surface area contributed by atoms with Crippen molar-refractivity contribution in [3.05, 3.63) is 46.9 Å². The summed E-state index contributed by atoms with van der Waals surface area (Å²) in [5.74, 6) is 4.65. The first-order valence-electron chi connectivity index (χ1n) is 6.07. The second-order valence-electron chi connectivity index (χ2n) is 4.07. The summed E-state index contributed by atoms with van der Waals surface area (Å²) in [5, 5.41) is 14.8. The van der Waals surface area contributed by atoms with Crippen molar-refractivity contribution in [1.29, 1.82) is 0 Å². The van der Waals surface area contributed by atoms with Crippen molar-refractivity contribution in [2.75, 3.05) is 6.61 Å². The van der Waals surface area contributed by atoms with Gasteiger partial charge in [0.05, 0.1) is 12.1 Å². The van der Waals surface area contributed by atoms with Gasteiger partial charge in [-0.15, -0.1) is 0 Å². The fourth-order valence-electron chi connectivity index (χ4n) is 1.61. The van der Waals surface area contributed by atoms with Crippen LogP contribution in [0.4, 0.5) is 4.39 Å². The number of carbonyl (C=O) groups is 1. The molecule has 0 aliphatic heterocycles. The van der Waals surface area contributed by atoms with Gasteiger partial charge >= 0.3 is 0 Å². The molecule has 0 fully saturated rings. The average Bonchev–Trinajstić information content (AvgIpc) is 2.89. The molecule has 2 rings (SSSR count). The van der Waals surface area contributed by atoms with Crippen LogP contribution in [0.15, 0.2) is 22.7 Å². The Labute approximate surface area is 120 Å². The number of rotatable bonds is 3. The highest BCUT2D eigenvalue weighted by atomic mass is 19.1. The molecule has 0 spiro atoms. The Morgan fingerprint density at radius 3 is 3.00 bits per heavy atom. The minimum Gasteiger partial charge on any atom is -0.384 e. The third-order valence-electron chi connectivity index (χ3n) is 2.50. The van der Waals surface area contributed by atoms with E-state index >= 15 is 0 Å². The molecule has 1 heterocycles. The summed E-state index contributed by atoms with van der Waals surface area (Å²) in [4.78, 5) is 16.0. The molecule has 7 heteroatoms. The lowest BCUT2D eigenvalue weighted by Gasteiger charge is -2.05. The number of nitrogens with one attached hydrogen (secondary N) is 1. The Morgan fingerprint density at radius 2 is 2.33 bits per heavy atom. The maximum atomic E-state index is 13.3. The number of hydrogen-bond acceptors (Lipinski definition) is 5. The second-order valence-corrected chi connectivity index (χ2v) is 4.07. The highest BCUT2D eigenvalue weighted by Gasteiger charge is 2.13.